The number of fused-ring (bicyclic) bond motifs is 4. The van der Waals surface area contributed by atoms with Gasteiger partial charge in [0.15, 0.2) is 11.3 Å². The van der Waals surface area contributed by atoms with Gasteiger partial charge in [-0.2, -0.15) is 0 Å². The van der Waals surface area contributed by atoms with Gasteiger partial charge in [0.25, 0.3) is 0 Å². The van der Waals surface area contributed by atoms with Crippen LogP contribution in [0.4, 0.5) is 5.69 Å². The number of benzene rings is 3. The van der Waals surface area contributed by atoms with E-state index in [4.69, 9.17) is 32.6 Å². The van der Waals surface area contributed by atoms with E-state index in [1.54, 1.807) is 0 Å². The molecular formula is C27H32Cl2N3O+. The van der Waals surface area contributed by atoms with Crippen LogP contribution in [0.2, 0.25) is 0 Å². The number of anilines is 1. The van der Waals surface area contributed by atoms with E-state index in [9.17, 15) is 0 Å². The molecule has 2 aliphatic rings. The number of alkyl halides is 2. The number of halogens is 2. The molecule has 0 spiro atoms. The number of aromatic nitrogens is 1. The number of hydrogen-bond acceptors (Lipinski definition) is 3. The van der Waals surface area contributed by atoms with Crippen LogP contribution in [0, 0.1) is 5.92 Å². The molecule has 174 valence electrons. The van der Waals surface area contributed by atoms with Crippen LogP contribution in [0.3, 0.4) is 0 Å². The highest BCUT2D eigenvalue weighted by Gasteiger charge is 2.16. The van der Waals surface area contributed by atoms with Gasteiger partial charge in [0.1, 0.15) is 24.3 Å². The predicted molar refractivity (Wildman–Crippen MR) is 142 cm³/mol. The van der Waals surface area contributed by atoms with Gasteiger partial charge < -0.3 is 9.73 Å². The van der Waals surface area contributed by atoms with Crippen molar-refractivity contribution in [3.8, 4) is 11.5 Å². The van der Waals surface area contributed by atoms with Crippen LogP contribution < -0.4 is 15.2 Å². The molecule has 0 bridgehead atoms. The zero-order valence-corrected chi connectivity index (χ0v) is 20.9. The molecule has 1 N–H and O–H groups in total. The van der Waals surface area contributed by atoms with E-state index in [0.717, 1.165) is 77.9 Å². The maximum absolute atomic E-state index is 6.44. The summed E-state index contributed by atoms with van der Waals surface area (Å²) in [6, 6.07) is 16.7. The third kappa shape index (κ3) is 5.62. The lowest BCUT2D eigenvalue weighted by atomic mass is 10.1. The van der Waals surface area contributed by atoms with E-state index in [-0.39, 0.29) is 0 Å². The molecule has 33 heavy (non-hydrogen) atoms. The lowest BCUT2D eigenvalue weighted by Crippen LogP contribution is -2.32. The summed E-state index contributed by atoms with van der Waals surface area (Å²) < 4.78 is 8.76. The van der Waals surface area contributed by atoms with Gasteiger partial charge in [-0.3, -0.25) is 0 Å². The zero-order valence-electron chi connectivity index (χ0n) is 19.4. The lowest BCUT2D eigenvalue weighted by Gasteiger charge is -2.14. The van der Waals surface area contributed by atoms with Gasteiger partial charge >= 0.3 is 0 Å². The Morgan fingerprint density at radius 1 is 0.970 bits per heavy atom. The first-order valence-electron chi connectivity index (χ1n) is 11.8. The highest BCUT2D eigenvalue weighted by molar-refractivity contribution is 6.18. The smallest absolute Gasteiger partial charge is 0.203 e. The summed E-state index contributed by atoms with van der Waals surface area (Å²) >= 11 is 11.9. The third-order valence-electron chi connectivity index (χ3n) is 5.90. The molecular weight excluding hydrogens is 453 g/mol. The molecule has 6 heteroatoms. The summed E-state index contributed by atoms with van der Waals surface area (Å²) in [4.78, 5) is 5.00. The molecule has 0 aromatic heterocycles. The van der Waals surface area contributed by atoms with Crippen LogP contribution in [0.25, 0.3) is 33.3 Å². The Balaban J connectivity index is 1.84. The average molecular weight is 485 g/mol. The molecule has 0 saturated carbocycles. The second-order valence-corrected chi connectivity index (χ2v) is 9.62. The van der Waals surface area contributed by atoms with Crippen LogP contribution >= 0.6 is 23.2 Å². The minimum Gasteiger partial charge on any atom is -0.452 e. The van der Waals surface area contributed by atoms with Gasteiger partial charge in [-0.05, 0) is 18.4 Å². The largest absolute Gasteiger partial charge is 0.452 e. The molecule has 1 aliphatic heterocycles. The first-order chi connectivity index (χ1) is 16.1. The fourth-order valence-corrected chi connectivity index (χ4v) is 4.39. The average Bonchev–Trinajstić information content (AvgIpc) is 2.82. The van der Waals surface area contributed by atoms with Crippen LogP contribution in [-0.4, -0.2) is 36.4 Å². The van der Waals surface area contributed by atoms with Crippen molar-refractivity contribution in [2.75, 3.05) is 36.7 Å². The van der Waals surface area contributed by atoms with Crippen molar-refractivity contribution in [2.45, 2.75) is 33.1 Å². The molecule has 0 atom stereocenters. The molecule has 0 fully saturated rings. The summed E-state index contributed by atoms with van der Waals surface area (Å²) in [7, 11) is 0. The molecule has 2 aromatic rings. The molecule has 1 aliphatic carbocycles. The molecule has 4 nitrogen and oxygen atoms in total. The van der Waals surface area contributed by atoms with Crippen molar-refractivity contribution in [2.24, 2.45) is 5.92 Å². The number of rotatable bonds is 10. The van der Waals surface area contributed by atoms with Gasteiger partial charge in [-0.1, -0.05) is 38.1 Å². The number of nitrogens with zero attached hydrogens (tertiary/aromatic N) is 2. The van der Waals surface area contributed by atoms with E-state index in [1.165, 1.54) is 5.39 Å². The first-order valence-corrected chi connectivity index (χ1v) is 12.9. The van der Waals surface area contributed by atoms with Crippen LogP contribution in [0.15, 0.2) is 52.9 Å². The Morgan fingerprint density at radius 2 is 1.70 bits per heavy atom. The predicted octanol–water partition coefficient (Wildman–Crippen LogP) is 6.57. The fourth-order valence-electron chi connectivity index (χ4n) is 4.15. The summed E-state index contributed by atoms with van der Waals surface area (Å²) in [5.41, 5.74) is 3.62. The van der Waals surface area contributed by atoms with E-state index >= 15 is 0 Å². The van der Waals surface area contributed by atoms with Gasteiger partial charge in [-0.25, -0.2) is 9.56 Å². The Morgan fingerprint density at radius 3 is 2.39 bits per heavy atom. The highest BCUT2D eigenvalue weighted by Crippen LogP contribution is 2.34. The quantitative estimate of drug-likeness (QED) is 0.120. The van der Waals surface area contributed by atoms with Crippen LogP contribution in [0.1, 0.15) is 33.1 Å². The zero-order chi connectivity index (χ0) is 23.2. The van der Waals surface area contributed by atoms with Gasteiger partial charge in [0, 0.05) is 59.7 Å². The maximum atomic E-state index is 6.44. The molecule has 0 saturated heterocycles. The van der Waals surface area contributed by atoms with Crippen molar-refractivity contribution in [1.29, 1.82) is 0 Å². The Kier molecular flexibility index (Phi) is 8.11. The standard InChI is InChI=1S/C27H31Cl2N3O/c1-19(2)11-14-30-24-18-26-27(22-8-4-3-7-21(22)24)31-23-10-9-20(17-25(23)33-26)32(15-5-12-28)16-6-13-29/h3-4,7-10,17-19H,5-6,11-16H2,1-2H3/p+1. The van der Waals surface area contributed by atoms with Gasteiger partial charge in [-0.15, -0.1) is 23.2 Å². The van der Waals surface area contributed by atoms with Gasteiger partial charge in [0.05, 0.1) is 6.07 Å². The van der Waals surface area contributed by atoms with E-state index in [0.29, 0.717) is 17.7 Å². The van der Waals surface area contributed by atoms with Crippen molar-refractivity contribution in [1.82, 2.24) is 9.56 Å². The second kappa shape index (κ2) is 11.2. The maximum Gasteiger partial charge on any atom is 0.203 e. The summed E-state index contributed by atoms with van der Waals surface area (Å²) in [5.74, 6) is 2.71. The molecule has 2 aromatic carbocycles. The van der Waals surface area contributed by atoms with E-state index in [2.05, 4.69) is 66.2 Å². The molecule has 4 rings (SSSR count). The number of nitrogens with one attached hydrogen (secondary N) is 1. The van der Waals surface area contributed by atoms with Crippen molar-refractivity contribution in [3.63, 3.8) is 0 Å². The normalized spacial score (nSPS) is 11.7. The lowest BCUT2D eigenvalue weighted by molar-refractivity contribution is 0.555. The molecule has 0 amide bonds. The van der Waals surface area contributed by atoms with Crippen molar-refractivity contribution in [3.05, 3.63) is 53.9 Å². The monoisotopic (exact) mass is 484 g/mol. The van der Waals surface area contributed by atoms with Crippen molar-refractivity contribution >= 4 is 50.8 Å². The fraction of sp³-hybridized carbons (Fsp3) is 0.407. The van der Waals surface area contributed by atoms with E-state index in [1.807, 2.05) is 6.07 Å². The minimum absolute atomic E-state index is 0.640. The number of hydrogen-bond donors (Lipinski definition) is 1. The van der Waals surface area contributed by atoms with E-state index < -0.39 is 0 Å². The molecule has 1 heterocycles. The molecule has 0 unspecified atom stereocenters. The Hall–Kier alpha value is -2.30. The third-order valence-corrected chi connectivity index (χ3v) is 6.44. The van der Waals surface area contributed by atoms with Crippen LogP contribution in [-0.2, 0) is 0 Å². The first kappa shape index (κ1) is 23.8. The Bertz CT molecular complexity index is 1260. The van der Waals surface area contributed by atoms with Crippen molar-refractivity contribution < 1.29 is 4.42 Å². The minimum atomic E-state index is 0.640. The van der Waals surface area contributed by atoms with Gasteiger partial charge in [0.2, 0.25) is 5.36 Å². The summed E-state index contributed by atoms with van der Waals surface area (Å²) in [6.07, 6.45) is 2.96. The second-order valence-electron chi connectivity index (χ2n) is 8.86. The van der Waals surface area contributed by atoms with Crippen LogP contribution in [0.5, 0.6) is 0 Å². The Labute approximate surface area is 205 Å². The highest BCUT2D eigenvalue weighted by atomic mass is 35.5. The SMILES string of the molecule is CC(C)CCNc1cc2oc3cc(=[N+](CCCCl)CCCCl)ccc-3nc2c2ccccc12. The summed E-state index contributed by atoms with van der Waals surface area (Å²) in [6.45, 7) is 7.19. The molecule has 0 radical (unpaired) electrons. The summed E-state index contributed by atoms with van der Waals surface area (Å²) in [5, 5.41) is 6.99. The topological polar surface area (TPSA) is 41.1 Å².